The lowest BCUT2D eigenvalue weighted by Crippen LogP contribution is -2.44. The lowest BCUT2D eigenvalue weighted by Gasteiger charge is -2.44. The van der Waals surface area contributed by atoms with Crippen LogP contribution >= 0.6 is 0 Å². The first-order valence-corrected chi connectivity index (χ1v) is 10.5. The van der Waals surface area contributed by atoms with E-state index in [0.29, 0.717) is 17.7 Å². The normalized spacial score (nSPS) is 20.0. The van der Waals surface area contributed by atoms with Crippen LogP contribution in [0.3, 0.4) is 0 Å². The minimum Gasteiger partial charge on any atom is -0.357 e. The molecule has 0 N–H and O–H groups in total. The van der Waals surface area contributed by atoms with E-state index in [1.54, 1.807) is 0 Å². The molecule has 0 aromatic heterocycles. The van der Waals surface area contributed by atoms with Gasteiger partial charge in [-0.2, -0.15) is 26.3 Å². The first-order valence-electron chi connectivity index (χ1n) is 10.5. The van der Waals surface area contributed by atoms with E-state index in [0.717, 1.165) is 53.1 Å². The van der Waals surface area contributed by atoms with Crippen molar-refractivity contribution in [1.82, 2.24) is 0 Å². The summed E-state index contributed by atoms with van der Waals surface area (Å²) in [6, 6.07) is 16.0. The molecule has 1 atom stereocenters. The quantitative estimate of drug-likeness (QED) is 0.360. The largest absolute Gasteiger partial charge is 0.416 e. The molecule has 2 aliphatic heterocycles. The molecule has 0 bridgehead atoms. The zero-order chi connectivity index (χ0) is 23.6. The van der Waals surface area contributed by atoms with E-state index >= 15 is 0 Å². The fraction of sp³-hybridized carbons (Fsp3) is 0.231. The molecule has 170 valence electrons. The molecule has 0 amide bonds. The number of anilines is 1. The molecule has 0 radical (unpaired) electrons. The average molecular weight is 459 g/mol. The Morgan fingerprint density at radius 2 is 1.33 bits per heavy atom. The van der Waals surface area contributed by atoms with Crippen LogP contribution < -0.4 is 4.90 Å². The van der Waals surface area contributed by atoms with E-state index < -0.39 is 29.0 Å². The Morgan fingerprint density at radius 3 is 1.91 bits per heavy atom. The van der Waals surface area contributed by atoms with Crippen LogP contribution in [0.1, 0.15) is 40.3 Å². The molecule has 3 aromatic rings. The average Bonchev–Trinajstić information content (AvgIpc) is 3.22. The van der Waals surface area contributed by atoms with Gasteiger partial charge >= 0.3 is 12.4 Å². The minimum atomic E-state index is -4.43. The maximum atomic E-state index is 13.1. The smallest absolute Gasteiger partial charge is 0.357 e. The summed E-state index contributed by atoms with van der Waals surface area (Å²) in [7, 11) is 0. The Hall–Kier alpha value is -3.22. The van der Waals surface area contributed by atoms with Gasteiger partial charge in [-0.1, -0.05) is 42.5 Å². The topological polar surface area (TPSA) is 3.24 Å². The van der Waals surface area contributed by atoms with E-state index in [1.807, 2.05) is 31.2 Å². The summed E-state index contributed by atoms with van der Waals surface area (Å²) < 4.78 is 78.5. The van der Waals surface area contributed by atoms with Crippen molar-refractivity contribution in [2.75, 3.05) is 11.4 Å². The van der Waals surface area contributed by atoms with Crippen LogP contribution in [-0.4, -0.2) is 6.54 Å². The van der Waals surface area contributed by atoms with Crippen LogP contribution in [-0.2, 0) is 24.3 Å². The number of nitrogens with zero attached hydrogens (tertiary/aromatic N) is 1. The van der Waals surface area contributed by atoms with Crippen molar-refractivity contribution in [3.8, 4) is 0 Å². The highest BCUT2D eigenvalue weighted by molar-refractivity contribution is 5.92. The van der Waals surface area contributed by atoms with Crippen molar-refractivity contribution in [3.63, 3.8) is 0 Å². The number of halogens is 6. The number of hydrogen-bond donors (Lipinski definition) is 0. The summed E-state index contributed by atoms with van der Waals surface area (Å²) >= 11 is 0. The van der Waals surface area contributed by atoms with Crippen LogP contribution in [0.5, 0.6) is 0 Å². The summed E-state index contributed by atoms with van der Waals surface area (Å²) in [4.78, 5) is 2.17. The van der Waals surface area contributed by atoms with E-state index in [4.69, 9.17) is 0 Å². The standard InChI is InChI=1S/C26H19F6N/c1-24(18-9-11-20(12-10-18)26(30,31)32)15-22(16-5-7-19(8-6-16)25(27,28)29)21-4-2-3-17-13-14-33(24)23(17)21/h2-12,15H,13-14H2,1H3. The molecule has 1 nitrogen and oxygen atoms in total. The third kappa shape index (κ3) is 3.50. The highest BCUT2D eigenvalue weighted by Crippen LogP contribution is 2.50. The van der Waals surface area contributed by atoms with Crippen molar-refractivity contribution in [2.45, 2.75) is 31.2 Å². The van der Waals surface area contributed by atoms with Gasteiger partial charge in [0.1, 0.15) is 0 Å². The van der Waals surface area contributed by atoms with Crippen LogP contribution in [0.25, 0.3) is 5.57 Å². The summed E-state index contributed by atoms with van der Waals surface area (Å²) in [5.41, 5.74) is 2.87. The van der Waals surface area contributed by atoms with Crippen molar-refractivity contribution >= 4 is 11.3 Å². The second-order valence-corrected chi connectivity index (χ2v) is 8.57. The Kier molecular flexibility index (Phi) is 4.68. The molecule has 5 rings (SSSR count). The summed E-state index contributed by atoms with van der Waals surface area (Å²) in [6.45, 7) is 2.63. The van der Waals surface area contributed by atoms with Gasteiger partial charge in [0, 0.05) is 17.8 Å². The van der Waals surface area contributed by atoms with Gasteiger partial charge in [-0.3, -0.25) is 0 Å². The van der Waals surface area contributed by atoms with Gasteiger partial charge in [0.2, 0.25) is 0 Å². The molecule has 7 heteroatoms. The van der Waals surface area contributed by atoms with Gasteiger partial charge in [-0.25, -0.2) is 0 Å². The third-order valence-corrected chi connectivity index (χ3v) is 6.59. The third-order valence-electron chi connectivity index (χ3n) is 6.59. The van der Waals surface area contributed by atoms with Gasteiger partial charge in [-0.05, 0) is 65.9 Å². The zero-order valence-electron chi connectivity index (χ0n) is 17.6. The highest BCUT2D eigenvalue weighted by atomic mass is 19.4. The number of benzene rings is 3. The van der Waals surface area contributed by atoms with Gasteiger partial charge in [0.15, 0.2) is 0 Å². The number of alkyl halides is 6. The molecule has 2 aliphatic rings. The van der Waals surface area contributed by atoms with E-state index in [1.165, 1.54) is 24.3 Å². The molecule has 1 unspecified atom stereocenters. The molecule has 33 heavy (non-hydrogen) atoms. The Bertz CT molecular complexity index is 1240. The van der Waals surface area contributed by atoms with Gasteiger partial charge < -0.3 is 4.90 Å². The zero-order valence-corrected chi connectivity index (χ0v) is 17.6. The van der Waals surface area contributed by atoms with Crippen LogP contribution in [0, 0.1) is 0 Å². The first-order chi connectivity index (χ1) is 15.5. The molecular formula is C26H19F6N. The highest BCUT2D eigenvalue weighted by Gasteiger charge is 2.42. The maximum Gasteiger partial charge on any atom is 0.416 e. The maximum absolute atomic E-state index is 13.1. The lowest BCUT2D eigenvalue weighted by atomic mass is 9.80. The molecule has 0 spiro atoms. The molecule has 2 heterocycles. The van der Waals surface area contributed by atoms with Gasteiger partial charge in [0.05, 0.1) is 16.7 Å². The van der Waals surface area contributed by atoms with E-state index in [-0.39, 0.29) is 0 Å². The summed E-state index contributed by atoms with van der Waals surface area (Å²) in [5.74, 6) is 0. The Labute approximate surface area is 187 Å². The predicted octanol–water partition coefficient (Wildman–Crippen LogP) is 7.45. The van der Waals surface area contributed by atoms with Crippen LogP contribution in [0.4, 0.5) is 32.0 Å². The Morgan fingerprint density at radius 1 is 0.758 bits per heavy atom. The molecule has 0 fully saturated rings. The summed E-state index contributed by atoms with van der Waals surface area (Å²) in [5, 5.41) is 0. The first kappa shape index (κ1) is 21.6. The van der Waals surface area contributed by atoms with Crippen LogP contribution in [0.15, 0.2) is 72.8 Å². The van der Waals surface area contributed by atoms with Crippen molar-refractivity contribution in [1.29, 1.82) is 0 Å². The van der Waals surface area contributed by atoms with E-state index in [2.05, 4.69) is 4.90 Å². The second-order valence-electron chi connectivity index (χ2n) is 8.57. The molecule has 3 aromatic carbocycles. The van der Waals surface area contributed by atoms with Crippen molar-refractivity contribution in [2.24, 2.45) is 0 Å². The number of hydrogen-bond acceptors (Lipinski definition) is 1. The van der Waals surface area contributed by atoms with E-state index in [9.17, 15) is 26.3 Å². The van der Waals surface area contributed by atoms with Gasteiger partial charge in [-0.15, -0.1) is 0 Å². The fourth-order valence-electron chi connectivity index (χ4n) is 4.89. The predicted molar refractivity (Wildman–Crippen MR) is 115 cm³/mol. The second kappa shape index (κ2) is 7.14. The minimum absolute atomic E-state index is 0.626. The molecule has 0 aliphatic carbocycles. The Balaban J connectivity index is 1.67. The molecule has 0 saturated heterocycles. The molecule has 0 saturated carbocycles. The summed E-state index contributed by atoms with van der Waals surface area (Å²) in [6.07, 6.45) is -6.12. The van der Waals surface area contributed by atoms with Crippen LogP contribution in [0.2, 0.25) is 0 Å². The SMILES string of the molecule is CC1(c2ccc(C(F)(F)F)cc2)C=C(c2ccc(C(F)(F)F)cc2)c2cccc3c2N1CC3. The number of para-hydroxylation sites is 1. The number of rotatable bonds is 2. The van der Waals surface area contributed by atoms with Gasteiger partial charge in [0.25, 0.3) is 0 Å². The fourth-order valence-corrected chi connectivity index (χ4v) is 4.89. The van der Waals surface area contributed by atoms with Crippen molar-refractivity contribution in [3.05, 3.63) is 106 Å². The molecular weight excluding hydrogens is 440 g/mol. The lowest BCUT2D eigenvalue weighted by molar-refractivity contribution is -0.138. The van der Waals surface area contributed by atoms with Crippen molar-refractivity contribution < 1.29 is 26.3 Å². The monoisotopic (exact) mass is 459 g/mol.